The Labute approximate surface area is 495 Å². The minimum absolute atomic E-state index is 0.894. The van der Waals surface area contributed by atoms with Crippen LogP contribution in [0.4, 0.5) is 0 Å². The molecule has 0 unspecified atom stereocenters. The van der Waals surface area contributed by atoms with E-state index in [4.69, 9.17) is 20.6 Å². The van der Waals surface area contributed by atoms with Crippen molar-refractivity contribution in [3.63, 3.8) is 0 Å². The normalized spacial score (nSPS) is 12.1. The molecule has 12 rings (SSSR count). The second-order valence-electron chi connectivity index (χ2n) is 20.0. The van der Waals surface area contributed by atoms with Gasteiger partial charge in [-0.05, 0) is 62.2 Å². The first-order valence-corrected chi connectivity index (χ1v) is 38.1. The first kappa shape index (κ1) is 55.3. The van der Waals surface area contributed by atoms with Crippen LogP contribution in [0.15, 0.2) is 364 Å². The van der Waals surface area contributed by atoms with Crippen LogP contribution in [0.5, 0.6) is 0 Å². The van der Waals surface area contributed by atoms with E-state index in [1.165, 1.54) is 0 Å². The summed E-state index contributed by atoms with van der Waals surface area (Å²) in [5, 5.41) is 11.7. The highest BCUT2D eigenvalue weighted by molar-refractivity contribution is 7.13. The average molecular weight is 1170 g/mol. The fourth-order valence-corrected chi connectivity index (χ4v) is 38.6. The van der Waals surface area contributed by atoms with Crippen LogP contribution in [-0.4, -0.2) is 52.3 Å². The van der Waals surface area contributed by atoms with Crippen LogP contribution in [-0.2, 0) is 20.6 Å². The topological polar surface area (TPSA) is 46.2 Å². The maximum absolute atomic E-state index is 9.12. The summed E-state index contributed by atoms with van der Waals surface area (Å²) in [6.45, 7) is 0. The lowest BCUT2D eigenvalue weighted by Gasteiger charge is -2.49. The van der Waals surface area contributed by atoms with Crippen LogP contribution in [0, 0.1) is 0 Å². The van der Waals surface area contributed by atoms with Gasteiger partial charge in [0.2, 0.25) is 0 Å². The fraction of sp³-hybridized carbons (Fsp3) is 0. The van der Waals surface area contributed by atoms with Gasteiger partial charge in [0.15, 0.2) is 0 Å². The van der Waals surface area contributed by atoms with Crippen LogP contribution in [0.3, 0.4) is 0 Å². The predicted octanol–water partition coefficient (Wildman–Crippen LogP) is 7.71. The molecule has 0 aromatic heterocycles. The van der Waals surface area contributed by atoms with E-state index in [0.29, 0.717) is 0 Å². The Balaban J connectivity index is 1.21. The van der Waals surface area contributed by atoms with E-state index in [0.717, 1.165) is 62.2 Å². The molecule has 11 heteroatoms. The second kappa shape index (κ2) is 25.9. The van der Waals surface area contributed by atoms with Gasteiger partial charge in [-0.3, -0.25) is 0 Å². The molecule has 0 bridgehead atoms. The minimum Gasteiger partial charge on any atom is -0.422 e. The lowest BCUT2D eigenvalue weighted by Crippen LogP contribution is -2.84. The van der Waals surface area contributed by atoms with Crippen LogP contribution >= 0.6 is 0 Å². The van der Waals surface area contributed by atoms with Crippen molar-refractivity contribution in [2.75, 3.05) is 0 Å². The molecule has 402 valence electrons. The van der Waals surface area contributed by atoms with Crippen LogP contribution < -0.4 is 62.2 Å². The molecule has 5 nitrogen and oxygen atoms in total. The summed E-state index contributed by atoms with van der Waals surface area (Å²) in [7, 11) is -21.4. The lowest BCUT2D eigenvalue weighted by atomic mass is 10.4. The van der Waals surface area contributed by atoms with Crippen LogP contribution in [0.2, 0.25) is 0 Å². The average Bonchev–Trinajstić information content (AvgIpc) is 3.25. The molecule has 0 spiro atoms. The number of benzene rings is 12. The summed E-state index contributed by atoms with van der Waals surface area (Å²) in [4.78, 5) is 0. The third kappa shape index (κ3) is 11.7. The zero-order valence-electron chi connectivity index (χ0n) is 45.7. The maximum Gasteiger partial charge on any atom is 0.390 e. The highest BCUT2D eigenvalue weighted by Gasteiger charge is 2.63. The minimum atomic E-state index is -4.42. The zero-order chi connectivity index (χ0) is 56.0. The van der Waals surface area contributed by atoms with Gasteiger partial charge < -0.3 is 20.6 Å². The summed E-state index contributed by atoms with van der Waals surface area (Å²) in [5.74, 6) is 0. The molecular formula is C72H60O5Si6. The number of hydrogen-bond donors (Lipinski definition) is 0. The van der Waals surface area contributed by atoms with E-state index in [-0.39, 0.29) is 0 Å². The first-order chi connectivity index (χ1) is 41.1. The Kier molecular flexibility index (Phi) is 17.3. The molecule has 0 aliphatic heterocycles. The SMILES string of the molecule is c1ccc([Si](O[Si](O[Si](O[Si](O[Si](O[Si](c2ccccc2)c2ccccc2)(c2ccccc2)c2ccccc2)(c2ccccc2)c2ccccc2)(c2ccccc2)c2ccccc2)(c2ccccc2)c2ccccc2)c2ccccc2)cc1. The maximum atomic E-state index is 9.12. The molecule has 0 amide bonds. The van der Waals surface area contributed by atoms with E-state index in [9.17, 15) is 0 Å². The summed E-state index contributed by atoms with van der Waals surface area (Å²) in [6, 6.07) is 128. The van der Waals surface area contributed by atoms with Crippen molar-refractivity contribution in [1.29, 1.82) is 0 Å². The van der Waals surface area contributed by atoms with E-state index in [1.807, 2.05) is 0 Å². The summed E-state index contributed by atoms with van der Waals surface area (Å²) < 4.78 is 43.9. The Morgan fingerprint density at radius 1 is 0.157 bits per heavy atom. The van der Waals surface area contributed by atoms with Gasteiger partial charge in [0.1, 0.15) is 0 Å². The first-order valence-electron chi connectivity index (χ1n) is 28.0. The van der Waals surface area contributed by atoms with Crippen LogP contribution in [0.1, 0.15) is 0 Å². The van der Waals surface area contributed by atoms with Gasteiger partial charge in [0.25, 0.3) is 18.1 Å². The molecule has 0 aliphatic carbocycles. The molecule has 12 aromatic rings. The van der Waals surface area contributed by atoms with Gasteiger partial charge in [-0.1, -0.05) is 364 Å². The van der Waals surface area contributed by atoms with Crippen molar-refractivity contribution in [3.05, 3.63) is 364 Å². The van der Waals surface area contributed by atoms with Crippen molar-refractivity contribution in [2.45, 2.75) is 0 Å². The third-order valence-electron chi connectivity index (χ3n) is 14.7. The van der Waals surface area contributed by atoms with Crippen molar-refractivity contribution >= 4 is 115 Å². The zero-order valence-corrected chi connectivity index (χ0v) is 51.7. The second-order valence-corrected chi connectivity index (χ2v) is 37.3. The van der Waals surface area contributed by atoms with Crippen LogP contribution in [0.25, 0.3) is 0 Å². The Bertz CT molecular complexity index is 3380. The van der Waals surface area contributed by atoms with E-state index in [1.54, 1.807) is 0 Å². The Morgan fingerprint density at radius 3 is 0.458 bits per heavy atom. The van der Waals surface area contributed by atoms with Gasteiger partial charge in [-0.2, -0.15) is 0 Å². The molecule has 0 saturated carbocycles. The fourth-order valence-electron chi connectivity index (χ4n) is 10.8. The van der Waals surface area contributed by atoms with E-state index >= 15 is 0 Å². The Morgan fingerprint density at radius 2 is 0.289 bits per heavy atom. The molecule has 12 aromatic carbocycles. The van der Waals surface area contributed by atoms with Crippen molar-refractivity contribution in [2.24, 2.45) is 0 Å². The highest BCUT2D eigenvalue weighted by Crippen LogP contribution is 2.29. The van der Waals surface area contributed by atoms with Crippen molar-refractivity contribution in [3.8, 4) is 0 Å². The highest BCUT2D eigenvalue weighted by atomic mass is 28.5. The summed E-state index contributed by atoms with van der Waals surface area (Å²) in [5.41, 5.74) is 0. The molecular weight excluding hydrogens is 1110 g/mol. The smallest absolute Gasteiger partial charge is 0.390 e. The van der Waals surface area contributed by atoms with Gasteiger partial charge in [-0.25, -0.2) is 0 Å². The quantitative estimate of drug-likeness (QED) is 0.0652. The summed E-state index contributed by atoms with van der Waals surface area (Å²) in [6.07, 6.45) is 0. The molecule has 0 fully saturated rings. The molecule has 0 heterocycles. The number of rotatable bonds is 22. The lowest BCUT2D eigenvalue weighted by molar-refractivity contribution is 0.314. The Hall–Kier alpha value is -8.26. The predicted molar refractivity (Wildman–Crippen MR) is 353 cm³/mol. The van der Waals surface area contributed by atoms with Crippen molar-refractivity contribution in [1.82, 2.24) is 0 Å². The molecule has 0 aliphatic rings. The molecule has 0 N–H and O–H groups in total. The molecule has 0 atom stereocenters. The van der Waals surface area contributed by atoms with Gasteiger partial charge in [-0.15, -0.1) is 0 Å². The number of hydrogen-bond acceptors (Lipinski definition) is 5. The molecule has 83 heavy (non-hydrogen) atoms. The van der Waals surface area contributed by atoms with E-state index < -0.39 is 52.3 Å². The third-order valence-corrected chi connectivity index (χ3v) is 37.7. The monoisotopic (exact) mass is 1170 g/mol. The van der Waals surface area contributed by atoms with Gasteiger partial charge in [0.05, 0.1) is 0 Å². The standard InChI is InChI=1S/C72H60O5Si6/c1-13-37-61(38-14-1)78(62-39-15-2-16-40-62)73-80(65-45-21-5-22-46-65,66-47-23-6-24-48-66)75-82(69-53-29-9-30-54-69,70-55-31-10-32-56-70)77-83(71-57-33-11-34-58-71,72-59-35-12-36-60-72)76-81(67-49-25-7-26-50-67,68-51-27-8-28-52-68)74-79(63-41-17-3-18-42-63)64-43-19-4-20-44-64/h1-60H. The van der Waals surface area contributed by atoms with Gasteiger partial charge >= 0.3 is 34.2 Å². The largest absolute Gasteiger partial charge is 0.422 e. The molecule has 2 radical (unpaired) electrons. The van der Waals surface area contributed by atoms with Crippen molar-refractivity contribution < 1.29 is 20.6 Å². The molecule has 0 saturated heterocycles. The van der Waals surface area contributed by atoms with Gasteiger partial charge in [0, 0.05) is 0 Å². The van der Waals surface area contributed by atoms with E-state index in [2.05, 4.69) is 364 Å². The summed E-state index contributed by atoms with van der Waals surface area (Å²) >= 11 is 0.